The highest BCUT2D eigenvalue weighted by Gasteiger charge is 2.33. The van der Waals surface area contributed by atoms with E-state index in [1.54, 1.807) is 7.11 Å². The van der Waals surface area contributed by atoms with Gasteiger partial charge in [-0.25, -0.2) is 0 Å². The fourth-order valence-corrected chi connectivity index (χ4v) is 6.24. The van der Waals surface area contributed by atoms with Crippen LogP contribution in [0.15, 0.2) is 18.2 Å². The first-order valence-corrected chi connectivity index (χ1v) is 9.92. The van der Waals surface area contributed by atoms with Gasteiger partial charge in [-0.15, -0.1) is 0 Å². The van der Waals surface area contributed by atoms with Gasteiger partial charge in [0.15, 0.2) is 0 Å². The smallest absolute Gasteiger partial charge is 0.119 e. The summed E-state index contributed by atoms with van der Waals surface area (Å²) in [6.07, 6.45) is 1.25. The van der Waals surface area contributed by atoms with Crippen LogP contribution in [0.25, 0.3) is 0 Å². The van der Waals surface area contributed by atoms with Gasteiger partial charge in [0.05, 0.1) is 7.11 Å². The standard InChI is InChI=1S/C17H27NOS2/c1-5-15-17(21-10-9-20-15)16(18-6-2)14-8-7-13(19-4)11-12(14)3/h7-8,11,15-18H,5-6,9-10H2,1-4H3. The van der Waals surface area contributed by atoms with Gasteiger partial charge in [-0.3, -0.25) is 0 Å². The topological polar surface area (TPSA) is 21.3 Å². The molecule has 1 aromatic carbocycles. The summed E-state index contributed by atoms with van der Waals surface area (Å²) in [4.78, 5) is 0. The number of hydrogen-bond donors (Lipinski definition) is 1. The normalized spacial score (nSPS) is 23.8. The Balaban J connectivity index is 2.29. The van der Waals surface area contributed by atoms with Crippen LogP contribution in [-0.4, -0.2) is 35.7 Å². The maximum atomic E-state index is 5.35. The minimum atomic E-state index is 0.434. The second kappa shape index (κ2) is 8.35. The molecule has 3 atom stereocenters. The van der Waals surface area contributed by atoms with E-state index in [9.17, 15) is 0 Å². The Kier molecular flexibility index (Phi) is 6.77. The molecule has 0 aromatic heterocycles. The van der Waals surface area contributed by atoms with Crippen molar-refractivity contribution in [2.45, 2.75) is 43.7 Å². The Bertz CT molecular complexity index is 452. The van der Waals surface area contributed by atoms with Crippen LogP contribution in [0.3, 0.4) is 0 Å². The third-order valence-corrected chi connectivity index (χ3v) is 7.41. The zero-order valence-corrected chi connectivity index (χ0v) is 15.2. The highest BCUT2D eigenvalue weighted by atomic mass is 32.2. The number of hydrogen-bond acceptors (Lipinski definition) is 4. The van der Waals surface area contributed by atoms with Gasteiger partial charge in [0.1, 0.15) is 5.75 Å². The summed E-state index contributed by atoms with van der Waals surface area (Å²) in [5.74, 6) is 3.51. The lowest BCUT2D eigenvalue weighted by molar-refractivity contribution is 0.413. The minimum Gasteiger partial charge on any atom is -0.497 e. The van der Waals surface area contributed by atoms with Crippen molar-refractivity contribution >= 4 is 23.5 Å². The SMILES string of the molecule is CCNC(c1ccc(OC)cc1C)C1SCCSC1CC. The van der Waals surface area contributed by atoms with Crippen LogP contribution in [-0.2, 0) is 0 Å². The molecule has 1 heterocycles. The molecule has 1 aliphatic rings. The molecule has 0 radical (unpaired) electrons. The molecule has 1 saturated heterocycles. The molecule has 1 fully saturated rings. The number of aryl methyl sites for hydroxylation is 1. The van der Waals surface area contributed by atoms with Crippen LogP contribution in [0.4, 0.5) is 0 Å². The fourth-order valence-electron chi connectivity index (χ4n) is 2.99. The number of methoxy groups -OCH3 is 1. The van der Waals surface area contributed by atoms with Crippen molar-refractivity contribution in [1.82, 2.24) is 5.32 Å². The highest BCUT2D eigenvalue weighted by Crippen LogP contribution is 2.41. The van der Waals surface area contributed by atoms with Crippen molar-refractivity contribution < 1.29 is 4.74 Å². The number of thioether (sulfide) groups is 2. The number of nitrogens with one attached hydrogen (secondary N) is 1. The van der Waals surface area contributed by atoms with Crippen LogP contribution in [0.2, 0.25) is 0 Å². The van der Waals surface area contributed by atoms with Crippen LogP contribution < -0.4 is 10.1 Å². The maximum absolute atomic E-state index is 5.35. The third-order valence-electron chi connectivity index (χ3n) is 4.06. The van der Waals surface area contributed by atoms with E-state index in [0.717, 1.165) is 17.5 Å². The minimum absolute atomic E-state index is 0.434. The van der Waals surface area contributed by atoms with Crippen molar-refractivity contribution in [3.05, 3.63) is 29.3 Å². The summed E-state index contributed by atoms with van der Waals surface area (Å²) in [6.45, 7) is 7.73. The van der Waals surface area contributed by atoms with Gasteiger partial charge in [0, 0.05) is 28.0 Å². The van der Waals surface area contributed by atoms with Gasteiger partial charge in [0.2, 0.25) is 0 Å². The summed E-state index contributed by atoms with van der Waals surface area (Å²) in [5.41, 5.74) is 2.75. The van der Waals surface area contributed by atoms with Crippen molar-refractivity contribution in [3.63, 3.8) is 0 Å². The van der Waals surface area contributed by atoms with Gasteiger partial charge in [0.25, 0.3) is 0 Å². The van der Waals surface area contributed by atoms with E-state index in [-0.39, 0.29) is 0 Å². The second-order valence-electron chi connectivity index (χ2n) is 5.41. The molecule has 0 aliphatic carbocycles. The van der Waals surface area contributed by atoms with E-state index in [1.165, 1.54) is 29.1 Å². The maximum Gasteiger partial charge on any atom is 0.119 e. The number of benzene rings is 1. The van der Waals surface area contributed by atoms with Crippen LogP contribution in [0.1, 0.15) is 37.4 Å². The molecule has 0 amide bonds. The Morgan fingerprint density at radius 2 is 2.05 bits per heavy atom. The summed E-state index contributed by atoms with van der Waals surface area (Å²) in [6, 6.07) is 6.92. The first-order chi connectivity index (χ1) is 10.2. The molecule has 3 unspecified atom stereocenters. The lowest BCUT2D eigenvalue weighted by atomic mass is 9.95. The zero-order chi connectivity index (χ0) is 15.2. The van der Waals surface area contributed by atoms with Crippen molar-refractivity contribution in [2.75, 3.05) is 25.2 Å². The van der Waals surface area contributed by atoms with Gasteiger partial charge < -0.3 is 10.1 Å². The molecule has 1 aliphatic heterocycles. The molecule has 2 nitrogen and oxygen atoms in total. The van der Waals surface area contributed by atoms with Gasteiger partial charge >= 0.3 is 0 Å². The largest absolute Gasteiger partial charge is 0.497 e. The van der Waals surface area contributed by atoms with Gasteiger partial charge in [-0.05, 0) is 43.1 Å². The Labute approximate surface area is 137 Å². The second-order valence-corrected chi connectivity index (χ2v) is 8.04. The molecular weight excluding hydrogens is 298 g/mol. The molecule has 2 rings (SSSR count). The van der Waals surface area contributed by atoms with Crippen LogP contribution >= 0.6 is 23.5 Å². The molecule has 0 bridgehead atoms. The van der Waals surface area contributed by atoms with E-state index in [0.29, 0.717) is 11.3 Å². The van der Waals surface area contributed by atoms with E-state index in [1.807, 2.05) is 0 Å². The lowest BCUT2D eigenvalue weighted by Crippen LogP contribution is -2.39. The van der Waals surface area contributed by atoms with Crippen LogP contribution in [0, 0.1) is 6.92 Å². The van der Waals surface area contributed by atoms with Gasteiger partial charge in [-0.2, -0.15) is 23.5 Å². The molecule has 0 spiro atoms. The molecular formula is C17H27NOS2. The van der Waals surface area contributed by atoms with Gasteiger partial charge in [-0.1, -0.05) is 19.9 Å². The Morgan fingerprint density at radius 1 is 1.29 bits per heavy atom. The van der Waals surface area contributed by atoms with E-state index in [2.05, 4.69) is 67.8 Å². The first-order valence-electron chi connectivity index (χ1n) is 7.82. The molecule has 21 heavy (non-hydrogen) atoms. The monoisotopic (exact) mass is 325 g/mol. The molecule has 1 aromatic rings. The average molecular weight is 326 g/mol. The van der Waals surface area contributed by atoms with E-state index in [4.69, 9.17) is 4.74 Å². The predicted octanol–water partition coefficient (Wildman–Crippen LogP) is 4.28. The molecule has 0 saturated carbocycles. The lowest BCUT2D eigenvalue weighted by Gasteiger charge is -2.37. The van der Waals surface area contributed by atoms with Crippen LogP contribution in [0.5, 0.6) is 5.75 Å². The summed E-state index contributed by atoms with van der Waals surface area (Å²) in [5, 5.41) is 5.13. The molecule has 4 heteroatoms. The van der Waals surface area contributed by atoms with Crippen molar-refractivity contribution in [1.29, 1.82) is 0 Å². The van der Waals surface area contributed by atoms with Crippen molar-refractivity contribution in [3.8, 4) is 5.75 Å². The third kappa shape index (κ3) is 4.11. The van der Waals surface area contributed by atoms with E-state index < -0.39 is 0 Å². The van der Waals surface area contributed by atoms with E-state index >= 15 is 0 Å². The summed E-state index contributed by atoms with van der Waals surface area (Å²) in [7, 11) is 1.73. The first kappa shape index (κ1) is 17.0. The number of ether oxygens (including phenoxy) is 1. The molecule has 118 valence electrons. The zero-order valence-electron chi connectivity index (χ0n) is 13.5. The Morgan fingerprint density at radius 3 is 2.67 bits per heavy atom. The quantitative estimate of drug-likeness (QED) is 0.842. The fraction of sp³-hybridized carbons (Fsp3) is 0.647. The average Bonchev–Trinajstić information content (AvgIpc) is 2.53. The highest BCUT2D eigenvalue weighted by molar-refractivity contribution is 8.07. The number of rotatable bonds is 6. The Hall–Kier alpha value is -0.320. The predicted molar refractivity (Wildman–Crippen MR) is 96.9 cm³/mol. The van der Waals surface area contributed by atoms with Crippen molar-refractivity contribution in [2.24, 2.45) is 0 Å². The summed E-state index contributed by atoms with van der Waals surface area (Å²) < 4.78 is 5.35. The molecule has 1 N–H and O–H groups in total. The summed E-state index contributed by atoms with van der Waals surface area (Å²) >= 11 is 4.29.